The number of tetrazole rings is 1. The lowest BCUT2D eigenvalue weighted by Gasteiger charge is -2.11. The second kappa shape index (κ2) is 10.2. The molecule has 0 bridgehead atoms. The lowest BCUT2D eigenvalue weighted by molar-refractivity contribution is 0.340. The standard InChI is InChI=1S/C22H25N7OS/c1-3-14-28-21(24-26-27-28)16-31-22-25-23-20(15-17-8-6-5-7-9-17)29(22)18-10-12-19(13-11-18)30-4-2/h5-13H,3-4,14-16H2,1-2H3. The minimum absolute atomic E-state index is 0.619. The van der Waals surface area contributed by atoms with Crippen LogP contribution in [0.3, 0.4) is 0 Å². The monoisotopic (exact) mass is 435 g/mol. The molecule has 4 rings (SSSR count). The smallest absolute Gasteiger partial charge is 0.196 e. The average Bonchev–Trinajstić information content (AvgIpc) is 3.41. The fourth-order valence-electron chi connectivity index (χ4n) is 3.25. The molecule has 2 aromatic heterocycles. The topological polar surface area (TPSA) is 83.5 Å². The van der Waals surface area contributed by atoms with E-state index in [9.17, 15) is 0 Å². The quantitative estimate of drug-likeness (QED) is 0.349. The lowest BCUT2D eigenvalue weighted by atomic mass is 10.1. The lowest BCUT2D eigenvalue weighted by Crippen LogP contribution is -2.06. The Morgan fingerprint density at radius 3 is 2.45 bits per heavy atom. The molecule has 0 saturated heterocycles. The van der Waals surface area contributed by atoms with E-state index in [1.54, 1.807) is 11.8 Å². The minimum Gasteiger partial charge on any atom is -0.494 e. The summed E-state index contributed by atoms with van der Waals surface area (Å²) in [5, 5.41) is 21.9. The Morgan fingerprint density at radius 1 is 0.903 bits per heavy atom. The number of benzene rings is 2. The fourth-order valence-corrected chi connectivity index (χ4v) is 4.15. The zero-order chi connectivity index (χ0) is 21.5. The predicted molar refractivity (Wildman–Crippen MR) is 119 cm³/mol. The van der Waals surface area contributed by atoms with E-state index in [0.717, 1.165) is 41.2 Å². The summed E-state index contributed by atoms with van der Waals surface area (Å²) in [6.45, 7) is 5.52. The third kappa shape index (κ3) is 5.11. The minimum atomic E-state index is 0.619. The highest BCUT2D eigenvalue weighted by Gasteiger charge is 2.17. The van der Waals surface area contributed by atoms with E-state index in [2.05, 4.69) is 49.3 Å². The summed E-state index contributed by atoms with van der Waals surface area (Å²) in [4.78, 5) is 0. The third-order valence-corrected chi connectivity index (χ3v) is 5.61. The number of hydrogen-bond acceptors (Lipinski definition) is 7. The van der Waals surface area contributed by atoms with Crippen LogP contribution < -0.4 is 4.74 Å². The molecule has 0 radical (unpaired) electrons. The first-order valence-electron chi connectivity index (χ1n) is 10.4. The molecule has 8 nitrogen and oxygen atoms in total. The van der Waals surface area contributed by atoms with Gasteiger partial charge in [-0.2, -0.15) is 0 Å². The maximum atomic E-state index is 5.60. The number of ether oxygens (including phenoxy) is 1. The Bertz CT molecular complexity index is 1090. The van der Waals surface area contributed by atoms with Gasteiger partial charge in [-0.15, -0.1) is 15.3 Å². The van der Waals surface area contributed by atoms with Crippen molar-refractivity contribution < 1.29 is 4.74 Å². The Kier molecular flexibility index (Phi) is 6.93. The van der Waals surface area contributed by atoms with Crippen molar-refractivity contribution in [2.75, 3.05) is 6.61 Å². The van der Waals surface area contributed by atoms with Gasteiger partial charge >= 0.3 is 0 Å². The van der Waals surface area contributed by atoms with E-state index < -0.39 is 0 Å². The van der Waals surface area contributed by atoms with Crippen LogP contribution in [0.4, 0.5) is 0 Å². The Hall–Kier alpha value is -3.20. The summed E-state index contributed by atoms with van der Waals surface area (Å²) in [5.41, 5.74) is 2.18. The molecule has 0 aliphatic rings. The molecule has 160 valence electrons. The molecule has 4 aromatic rings. The van der Waals surface area contributed by atoms with Crippen molar-refractivity contribution in [3.63, 3.8) is 0 Å². The number of aryl methyl sites for hydroxylation is 1. The van der Waals surface area contributed by atoms with Crippen LogP contribution in [0.15, 0.2) is 59.8 Å². The number of thioether (sulfide) groups is 1. The van der Waals surface area contributed by atoms with Gasteiger partial charge in [-0.1, -0.05) is 49.0 Å². The molecule has 0 atom stereocenters. The van der Waals surface area contributed by atoms with Gasteiger partial charge < -0.3 is 4.74 Å². The summed E-state index contributed by atoms with van der Waals surface area (Å²) in [6, 6.07) is 18.3. The zero-order valence-corrected chi connectivity index (χ0v) is 18.5. The SMILES string of the molecule is CCCn1nnnc1CSc1nnc(Cc2ccccc2)n1-c1ccc(OCC)cc1. The summed E-state index contributed by atoms with van der Waals surface area (Å²) in [5.74, 6) is 3.17. The van der Waals surface area contributed by atoms with Crippen molar-refractivity contribution in [3.8, 4) is 11.4 Å². The number of aromatic nitrogens is 7. The highest BCUT2D eigenvalue weighted by molar-refractivity contribution is 7.98. The fraction of sp³-hybridized carbons (Fsp3) is 0.318. The average molecular weight is 436 g/mol. The van der Waals surface area contributed by atoms with Gasteiger partial charge in [0.25, 0.3) is 0 Å². The molecule has 2 heterocycles. The molecular formula is C22H25N7OS. The first-order valence-corrected chi connectivity index (χ1v) is 11.4. The van der Waals surface area contributed by atoms with Crippen molar-refractivity contribution in [3.05, 3.63) is 71.8 Å². The van der Waals surface area contributed by atoms with Gasteiger partial charge in [-0.05, 0) is 53.6 Å². The molecular weight excluding hydrogens is 410 g/mol. The Morgan fingerprint density at radius 2 is 1.71 bits per heavy atom. The van der Waals surface area contributed by atoms with Crippen molar-refractivity contribution in [1.29, 1.82) is 0 Å². The van der Waals surface area contributed by atoms with E-state index in [0.29, 0.717) is 18.8 Å². The van der Waals surface area contributed by atoms with Crippen LogP contribution in [0.1, 0.15) is 37.5 Å². The third-order valence-electron chi connectivity index (χ3n) is 4.68. The number of hydrogen-bond donors (Lipinski definition) is 0. The van der Waals surface area contributed by atoms with Crippen molar-refractivity contribution in [1.82, 2.24) is 35.0 Å². The first kappa shape index (κ1) is 21.0. The summed E-state index contributed by atoms with van der Waals surface area (Å²) in [6.07, 6.45) is 1.67. The molecule has 0 unspecified atom stereocenters. The van der Waals surface area contributed by atoms with Crippen LogP contribution >= 0.6 is 11.8 Å². The molecule has 0 spiro atoms. The maximum absolute atomic E-state index is 5.60. The largest absolute Gasteiger partial charge is 0.494 e. The molecule has 0 fully saturated rings. The van der Waals surface area contributed by atoms with E-state index in [1.165, 1.54) is 5.56 Å². The summed E-state index contributed by atoms with van der Waals surface area (Å²) < 4.78 is 9.54. The van der Waals surface area contributed by atoms with Crippen molar-refractivity contribution in [2.24, 2.45) is 0 Å². The van der Waals surface area contributed by atoms with Crippen LogP contribution in [0.25, 0.3) is 5.69 Å². The molecule has 9 heteroatoms. The normalized spacial score (nSPS) is 11.0. The highest BCUT2D eigenvalue weighted by Crippen LogP contribution is 2.27. The second-order valence-corrected chi connectivity index (χ2v) is 7.87. The van der Waals surface area contributed by atoms with Crippen molar-refractivity contribution in [2.45, 2.75) is 44.1 Å². The van der Waals surface area contributed by atoms with Gasteiger partial charge in [-0.25, -0.2) is 4.68 Å². The summed E-state index contributed by atoms with van der Waals surface area (Å²) in [7, 11) is 0. The highest BCUT2D eigenvalue weighted by atomic mass is 32.2. The summed E-state index contributed by atoms with van der Waals surface area (Å²) >= 11 is 1.58. The van der Waals surface area contributed by atoms with Gasteiger partial charge in [0.05, 0.1) is 12.4 Å². The first-order chi connectivity index (χ1) is 15.3. The van der Waals surface area contributed by atoms with Crippen LogP contribution in [-0.2, 0) is 18.7 Å². The predicted octanol–water partition coefficient (Wildman–Crippen LogP) is 3.95. The Labute approximate surface area is 185 Å². The van der Waals surface area contributed by atoms with Crippen LogP contribution in [0.2, 0.25) is 0 Å². The van der Waals surface area contributed by atoms with E-state index >= 15 is 0 Å². The maximum Gasteiger partial charge on any atom is 0.196 e. The zero-order valence-electron chi connectivity index (χ0n) is 17.7. The second-order valence-electron chi connectivity index (χ2n) is 6.93. The van der Waals surface area contributed by atoms with E-state index in [-0.39, 0.29) is 0 Å². The molecule has 0 saturated carbocycles. The van der Waals surface area contributed by atoms with Crippen LogP contribution in [0, 0.1) is 0 Å². The molecule has 0 aliphatic heterocycles. The van der Waals surface area contributed by atoms with E-state index in [1.807, 2.05) is 54.1 Å². The molecule has 31 heavy (non-hydrogen) atoms. The van der Waals surface area contributed by atoms with Gasteiger partial charge in [0.2, 0.25) is 0 Å². The van der Waals surface area contributed by atoms with Gasteiger partial charge in [-0.3, -0.25) is 4.57 Å². The number of rotatable bonds is 10. The van der Waals surface area contributed by atoms with E-state index in [4.69, 9.17) is 4.74 Å². The number of nitrogens with zero attached hydrogens (tertiary/aromatic N) is 7. The van der Waals surface area contributed by atoms with Crippen LogP contribution in [0.5, 0.6) is 5.75 Å². The van der Waals surface area contributed by atoms with Crippen LogP contribution in [-0.4, -0.2) is 41.6 Å². The van der Waals surface area contributed by atoms with Gasteiger partial charge in [0.15, 0.2) is 11.0 Å². The van der Waals surface area contributed by atoms with Crippen molar-refractivity contribution >= 4 is 11.8 Å². The van der Waals surface area contributed by atoms with Gasteiger partial charge in [0, 0.05) is 18.7 Å². The molecule has 0 amide bonds. The molecule has 0 aliphatic carbocycles. The Balaban J connectivity index is 1.63. The molecule has 2 aromatic carbocycles. The molecule has 0 N–H and O–H groups in total. The van der Waals surface area contributed by atoms with Gasteiger partial charge in [0.1, 0.15) is 11.6 Å².